The average Bonchev–Trinajstić information content (AvgIpc) is 3.69. The normalized spacial score (nSPS) is 15.7. The summed E-state index contributed by atoms with van der Waals surface area (Å²) >= 11 is 0. The Hall–Kier alpha value is -4.31. The number of nitrogens with zero attached hydrogens (tertiary/aromatic N) is 5. The zero-order valence-electron chi connectivity index (χ0n) is 22.3. The number of aromatic nitrogens is 4. The number of rotatable bonds is 9. The van der Waals surface area contributed by atoms with Crippen molar-refractivity contribution in [3.63, 3.8) is 0 Å². The maximum absolute atomic E-state index is 14.0. The molecule has 1 aliphatic rings. The summed E-state index contributed by atoms with van der Waals surface area (Å²) in [5.74, 6) is 0.664. The fourth-order valence-corrected chi connectivity index (χ4v) is 4.63. The lowest BCUT2D eigenvalue weighted by atomic mass is 10.1. The lowest BCUT2D eigenvalue weighted by molar-refractivity contribution is -0.127. The summed E-state index contributed by atoms with van der Waals surface area (Å²) in [7, 11) is 0. The number of nitrogens with one attached hydrogen (secondary N) is 1. The summed E-state index contributed by atoms with van der Waals surface area (Å²) in [5.41, 5.74) is 3.42. The Bertz CT molecular complexity index is 1440. The van der Waals surface area contributed by atoms with E-state index in [0.29, 0.717) is 36.2 Å². The summed E-state index contributed by atoms with van der Waals surface area (Å²) in [6, 6.07) is 17.6. The summed E-state index contributed by atoms with van der Waals surface area (Å²) < 4.78 is 11.6. The van der Waals surface area contributed by atoms with Gasteiger partial charge < -0.3 is 14.5 Å². The first-order valence-corrected chi connectivity index (χ1v) is 13.1. The number of furan rings is 1. The van der Waals surface area contributed by atoms with Gasteiger partial charge in [-0.05, 0) is 68.7 Å². The van der Waals surface area contributed by atoms with E-state index in [2.05, 4.69) is 20.7 Å². The van der Waals surface area contributed by atoms with Gasteiger partial charge in [-0.2, -0.15) is 4.80 Å². The molecule has 3 heterocycles. The number of carbonyl (C=O) groups is 2. The average molecular weight is 529 g/mol. The third kappa shape index (κ3) is 6.23. The molecule has 1 fully saturated rings. The molecule has 0 bridgehead atoms. The van der Waals surface area contributed by atoms with Crippen LogP contribution in [0.5, 0.6) is 0 Å². The van der Waals surface area contributed by atoms with Crippen LogP contribution in [0.25, 0.3) is 11.4 Å². The molecular weight excluding hydrogens is 496 g/mol. The van der Waals surface area contributed by atoms with E-state index in [1.165, 1.54) is 9.70 Å². The molecule has 1 N–H and O–H groups in total. The van der Waals surface area contributed by atoms with Crippen LogP contribution in [-0.4, -0.2) is 51.3 Å². The van der Waals surface area contributed by atoms with Crippen molar-refractivity contribution in [1.82, 2.24) is 25.5 Å². The molecule has 39 heavy (non-hydrogen) atoms. The minimum Gasteiger partial charge on any atom is -0.464 e. The number of tetrazole rings is 1. The highest BCUT2D eigenvalue weighted by molar-refractivity contribution is 6.01. The maximum Gasteiger partial charge on any atom is 0.251 e. The molecule has 2 aromatic heterocycles. The van der Waals surface area contributed by atoms with E-state index in [1.807, 2.05) is 56.3 Å². The van der Waals surface area contributed by atoms with Crippen LogP contribution in [0.1, 0.15) is 41.5 Å². The fraction of sp³-hybridized carbons (Fsp3) is 0.345. The minimum absolute atomic E-state index is 0.0457. The predicted molar refractivity (Wildman–Crippen MR) is 145 cm³/mol. The molecule has 2 amide bonds. The topological polar surface area (TPSA) is 115 Å². The Balaban J connectivity index is 1.46. The number of benzene rings is 2. The molecule has 2 aromatic carbocycles. The Kier molecular flexibility index (Phi) is 7.83. The van der Waals surface area contributed by atoms with Gasteiger partial charge in [-0.25, -0.2) is 0 Å². The molecule has 0 saturated carbocycles. The highest BCUT2D eigenvalue weighted by Gasteiger charge is 2.36. The first kappa shape index (κ1) is 26.3. The lowest BCUT2D eigenvalue weighted by Gasteiger charge is -2.30. The van der Waals surface area contributed by atoms with Crippen molar-refractivity contribution in [3.05, 3.63) is 83.3 Å². The number of hydrogen-bond donors (Lipinski definition) is 1. The second kappa shape index (κ2) is 11.6. The van der Waals surface area contributed by atoms with Crippen molar-refractivity contribution in [3.8, 4) is 11.4 Å². The van der Waals surface area contributed by atoms with Crippen LogP contribution in [0.15, 0.2) is 65.1 Å². The van der Waals surface area contributed by atoms with E-state index in [9.17, 15) is 9.59 Å². The zero-order valence-corrected chi connectivity index (χ0v) is 22.3. The van der Waals surface area contributed by atoms with Gasteiger partial charge >= 0.3 is 0 Å². The van der Waals surface area contributed by atoms with Crippen molar-refractivity contribution >= 4 is 17.5 Å². The van der Waals surface area contributed by atoms with E-state index >= 15 is 0 Å². The second-order valence-corrected chi connectivity index (χ2v) is 9.84. The molecule has 202 valence electrons. The third-order valence-corrected chi connectivity index (χ3v) is 6.65. The van der Waals surface area contributed by atoms with Gasteiger partial charge in [0.2, 0.25) is 5.82 Å². The van der Waals surface area contributed by atoms with Gasteiger partial charge in [-0.1, -0.05) is 42.0 Å². The molecule has 10 heteroatoms. The minimum atomic E-state index is -1.05. The number of anilines is 1. The standard InChI is InChI=1S/C29H32N6O4/c1-19-9-12-22(13-10-19)28-31-33-34(32-28)18-26(36)35(23-7-4-6-20(2)16-23)27(25-14-11-21(3)39-25)29(37)30-17-24-8-5-15-38-24/h4,6-7,9-14,16,24,27H,5,8,15,17-18H2,1-3H3,(H,30,37)/t24-,27+/m1/s1. The number of amides is 2. The Morgan fingerprint density at radius 1 is 1.08 bits per heavy atom. The summed E-state index contributed by atoms with van der Waals surface area (Å²) in [6.45, 7) is 6.56. The largest absolute Gasteiger partial charge is 0.464 e. The van der Waals surface area contributed by atoms with Gasteiger partial charge in [-0.3, -0.25) is 14.5 Å². The number of hydrogen-bond acceptors (Lipinski definition) is 7. The van der Waals surface area contributed by atoms with Crippen molar-refractivity contribution in [1.29, 1.82) is 0 Å². The van der Waals surface area contributed by atoms with E-state index < -0.39 is 6.04 Å². The molecule has 1 saturated heterocycles. The summed E-state index contributed by atoms with van der Waals surface area (Å²) in [6.07, 6.45) is 1.80. The van der Waals surface area contributed by atoms with Gasteiger partial charge in [0.1, 0.15) is 18.1 Å². The third-order valence-electron chi connectivity index (χ3n) is 6.65. The van der Waals surface area contributed by atoms with Crippen molar-refractivity contribution in [2.45, 2.75) is 52.3 Å². The van der Waals surface area contributed by atoms with Crippen molar-refractivity contribution in [2.24, 2.45) is 0 Å². The van der Waals surface area contributed by atoms with E-state index in [-0.39, 0.29) is 24.5 Å². The monoisotopic (exact) mass is 528 g/mol. The summed E-state index contributed by atoms with van der Waals surface area (Å²) in [5, 5.41) is 15.6. The van der Waals surface area contributed by atoms with Crippen LogP contribution < -0.4 is 10.2 Å². The van der Waals surface area contributed by atoms with Crippen LogP contribution in [0.2, 0.25) is 0 Å². The molecule has 0 radical (unpaired) electrons. The Morgan fingerprint density at radius 3 is 2.59 bits per heavy atom. The number of ether oxygens (including phenoxy) is 1. The highest BCUT2D eigenvalue weighted by Crippen LogP contribution is 2.30. The van der Waals surface area contributed by atoms with Crippen molar-refractivity contribution in [2.75, 3.05) is 18.1 Å². The molecule has 0 unspecified atom stereocenters. The molecule has 0 spiro atoms. The maximum atomic E-state index is 14.0. The molecule has 0 aliphatic carbocycles. The Labute approximate surface area is 227 Å². The fourth-order valence-electron chi connectivity index (χ4n) is 4.63. The lowest BCUT2D eigenvalue weighted by Crippen LogP contribution is -2.46. The van der Waals surface area contributed by atoms with Crippen LogP contribution in [0.4, 0.5) is 5.69 Å². The highest BCUT2D eigenvalue weighted by atomic mass is 16.5. The second-order valence-electron chi connectivity index (χ2n) is 9.84. The molecule has 10 nitrogen and oxygen atoms in total. The molecule has 1 aliphatic heterocycles. The number of carbonyl (C=O) groups excluding carboxylic acids is 2. The number of aryl methyl sites for hydroxylation is 3. The molecule has 4 aromatic rings. The van der Waals surface area contributed by atoms with Gasteiger partial charge in [0.05, 0.1) is 6.10 Å². The first-order valence-electron chi connectivity index (χ1n) is 13.1. The van der Waals surface area contributed by atoms with Crippen LogP contribution >= 0.6 is 0 Å². The zero-order chi connectivity index (χ0) is 27.4. The predicted octanol–water partition coefficient (Wildman–Crippen LogP) is 3.93. The van der Waals surface area contributed by atoms with Gasteiger partial charge in [0, 0.05) is 24.4 Å². The van der Waals surface area contributed by atoms with Gasteiger partial charge in [0.15, 0.2) is 6.04 Å². The van der Waals surface area contributed by atoms with E-state index in [4.69, 9.17) is 9.15 Å². The van der Waals surface area contributed by atoms with Crippen LogP contribution in [0.3, 0.4) is 0 Å². The smallest absolute Gasteiger partial charge is 0.251 e. The summed E-state index contributed by atoms with van der Waals surface area (Å²) in [4.78, 5) is 30.4. The van der Waals surface area contributed by atoms with Crippen LogP contribution in [0, 0.1) is 20.8 Å². The SMILES string of the molecule is Cc1ccc(-c2nnn(CC(=O)N(c3cccc(C)c3)[C@H](C(=O)NC[C@H]3CCCO3)c3ccc(C)o3)n2)cc1. The van der Waals surface area contributed by atoms with E-state index in [1.54, 1.807) is 25.1 Å². The molecule has 5 rings (SSSR count). The van der Waals surface area contributed by atoms with E-state index in [0.717, 1.165) is 29.5 Å². The van der Waals surface area contributed by atoms with Gasteiger partial charge in [0.25, 0.3) is 11.8 Å². The van der Waals surface area contributed by atoms with Gasteiger partial charge in [-0.15, -0.1) is 10.2 Å². The molecule has 2 atom stereocenters. The quantitative estimate of drug-likeness (QED) is 0.350. The first-order chi connectivity index (χ1) is 18.9. The Morgan fingerprint density at radius 2 is 1.90 bits per heavy atom. The van der Waals surface area contributed by atoms with Crippen molar-refractivity contribution < 1.29 is 18.7 Å². The van der Waals surface area contributed by atoms with Crippen LogP contribution in [-0.2, 0) is 20.9 Å². The molecular formula is C29H32N6O4.